The molecule has 0 aromatic heterocycles. The largest absolute Gasteiger partial charge is 0.398 e. The topological polar surface area (TPSA) is 97.5 Å². The lowest BCUT2D eigenvalue weighted by molar-refractivity contribution is 0.0895. The van der Waals surface area contributed by atoms with E-state index in [1.165, 1.54) is 12.1 Å². The summed E-state index contributed by atoms with van der Waals surface area (Å²) in [6.07, 6.45) is 0. The average Bonchev–Trinajstić information content (AvgIpc) is 2.89. The molecule has 0 fully saturated rings. The summed E-state index contributed by atoms with van der Waals surface area (Å²) >= 11 is 0. The summed E-state index contributed by atoms with van der Waals surface area (Å²) in [7, 11) is 0. The number of nitrogens with zero attached hydrogens (tertiary/aromatic N) is 1. The molecule has 6 heteroatoms. The molecule has 0 aliphatic heterocycles. The number of carbonyl (C=O) groups is 4. The standard InChI is InChI=1S/C28H18N2O4/c29-21-15-16-22(24-23(21)25(31)19-13-7-8-14-20(19)26(24)32)30(27(33)17-9-3-1-4-10-17)28(34)18-11-5-2-6-12-18/h1-16H,29H2. The molecule has 6 nitrogen and oxygen atoms in total. The number of fused-ring (bicyclic) bond motifs is 2. The van der Waals surface area contributed by atoms with Crippen LogP contribution in [-0.4, -0.2) is 23.4 Å². The predicted octanol–water partition coefficient (Wildman–Crippen LogP) is 4.53. The van der Waals surface area contributed by atoms with Crippen molar-refractivity contribution >= 4 is 34.8 Å². The molecule has 0 saturated carbocycles. The van der Waals surface area contributed by atoms with Gasteiger partial charge in [-0.05, 0) is 36.4 Å². The maximum Gasteiger partial charge on any atom is 0.265 e. The van der Waals surface area contributed by atoms with Crippen molar-refractivity contribution in [3.63, 3.8) is 0 Å². The van der Waals surface area contributed by atoms with Gasteiger partial charge in [-0.2, -0.15) is 0 Å². The minimum absolute atomic E-state index is 0.00655. The van der Waals surface area contributed by atoms with Crippen molar-refractivity contribution in [2.45, 2.75) is 0 Å². The first-order chi connectivity index (χ1) is 16.5. The van der Waals surface area contributed by atoms with Crippen LogP contribution in [0.1, 0.15) is 52.6 Å². The fourth-order valence-corrected chi connectivity index (χ4v) is 4.15. The summed E-state index contributed by atoms with van der Waals surface area (Å²) in [6.45, 7) is 0. The number of nitrogens with two attached hydrogens (primary N) is 1. The fraction of sp³-hybridized carbons (Fsp3) is 0. The maximum absolute atomic E-state index is 13.6. The molecule has 2 amide bonds. The van der Waals surface area contributed by atoms with E-state index in [0.29, 0.717) is 0 Å². The molecule has 1 aliphatic rings. The van der Waals surface area contributed by atoms with E-state index >= 15 is 0 Å². The summed E-state index contributed by atoms with van der Waals surface area (Å²) in [4.78, 5) is 55.1. The Labute approximate surface area is 195 Å². The predicted molar refractivity (Wildman–Crippen MR) is 128 cm³/mol. The van der Waals surface area contributed by atoms with Gasteiger partial charge in [0.2, 0.25) is 0 Å². The first-order valence-corrected chi connectivity index (χ1v) is 10.6. The number of ketones is 2. The number of rotatable bonds is 3. The lowest BCUT2D eigenvalue weighted by atomic mass is 9.82. The van der Waals surface area contributed by atoms with E-state index in [9.17, 15) is 19.2 Å². The Morgan fingerprint density at radius 2 is 1.00 bits per heavy atom. The van der Waals surface area contributed by atoms with Crippen LogP contribution in [0.3, 0.4) is 0 Å². The first kappa shape index (κ1) is 21.0. The third-order valence-corrected chi connectivity index (χ3v) is 5.77. The van der Waals surface area contributed by atoms with E-state index in [1.807, 2.05) is 0 Å². The molecular formula is C28H18N2O4. The molecule has 164 valence electrons. The highest BCUT2D eigenvalue weighted by atomic mass is 16.2. The summed E-state index contributed by atoms with van der Waals surface area (Å²) < 4.78 is 0. The molecule has 0 atom stereocenters. The number of amides is 2. The molecule has 0 saturated heterocycles. The molecule has 5 rings (SSSR count). The molecule has 4 aromatic rings. The van der Waals surface area contributed by atoms with E-state index in [4.69, 9.17) is 5.73 Å². The van der Waals surface area contributed by atoms with Gasteiger partial charge in [-0.3, -0.25) is 19.2 Å². The monoisotopic (exact) mass is 446 g/mol. The Balaban J connectivity index is 1.76. The van der Waals surface area contributed by atoms with Gasteiger partial charge in [0.05, 0.1) is 16.8 Å². The Morgan fingerprint density at radius 3 is 1.50 bits per heavy atom. The minimum Gasteiger partial charge on any atom is -0.398 e. The van der Waals surface area contributed by atoms with Crippen molar-refractivity contribution in [2.75, 3.05) is 10.6 Å². The van der Waals surface area contributed by atoms with Crippen LogP contribution in [0.2, 0.25) is 0 Å². The highest BCUT2D eigenvalue weighted by Crippen LogP contribution is 2.38. The Bertz CT molecular complexity index is 1430. The second kappa shape index (κ2) is 8.26. The zero-order chi connectivity index (χ0) is 23.8. The van der Waals surface area contributed by atoms with Gasteiger partial charge in [0.1, 0.15) is 0 Å². The summed E-state index contributed by atoms with van der Waals surface area (Å²) in [6, 6.07) is 25.9. The summed E-state index contributed by atoms with van der Waals surface area (Å²) in [5, 5.41) is 0. The maximum atomic E-state index is 13.6. The average molecular weight is 446 g/mol. The van der Waals surface area contributed by atoms with Gasteiger partial charge < -0.3 is 5.73 Å². The number of imide groups is 1. The van der Waals surface area contributed by atoms with E-state index in [-0.39, 0.29) is 44.8 Å². The molecule has 1 aliphatic carbocycles. The second-order valence-electron chi connectivity index (χ2n) is 7.81. The number of nitrogen functional groups attached to an aromatic ring is 1. The first-order valence-electron chi connectivity index (χ1n) is 10.6. The molecule has 34 heavy (non-hydrogen) atoms. The van der Waals surface area contributed by atoms with Crippen LogP contribution in [0, 0.1) is 0 Å². The van der Waals surface area contributed by atoms with Gasteiger partial charge in [-0.1, -0.05) is 60.7 Å². The summed E-state index contributed by atoms with van der Waals surface area (Å²) in [5.41, 5.74) is 7.13. The zero-order valence-corrected chi connectivity index (χ0v) is 17.9. The SMILES string of the molecule is Nc1ccc(N(C(=O)c2ccccc2)C(=O)c2ccccc2)c2c1C(=O)c1ccccc1C2=O. The third-order valence-electron chi connectivity index (χ3n) is 5.77. The Morgan fingerprint density at radius 1 is 0.559 bits per heavy atom. The molecule has 0 unspecified atom stereocenters. The fourth-order valence-electron chi connectivity index (χ4n) is 4.15. The van der Waals surface area contributed by atoms with Crippen LogP contribution in [0.4, 0.5) is 11.4 Å². The number of hydrogen-bond donors (Lipinski definition) is 1. The van der Waals surface area contributed by atoms with Gasteiger partial charge in [-0.15, -0.1) is 0 Å². The van der Waals surface area contributed by atoms with Crippen molar-refractivity contribution in [2.24, 2.45) is 0 Å². The molecule has 0 radical (unpaired) electrons. The third kappa shape index (κ3) is 3.29. The van der Waals surface area contributed by atoms with Gasteiger partial charge in [-0.25, -0.2) is 4.90 Å². The van der Waals surface area contributed by atoms with Gasteiger partial charge >= 0.3 is 0 Å². The van der Waals surface area contributed by atoms with Crippen molar-refractivity contribution in [1.82, 2.24) is 0 Å². The number of hydrogen-bond acceptors (Lipinski definition) is 5. The lowest BCUT2D eigenvalue weighted by Crippen LogP contribution is -2.39. The molecule has 0 bridgehead atoms. The zero-order valence-electron chi connectivity index (χ0n) is 17.9. The number of anilines is 2. The summed E-state index contributed by atoms with van der Waals surface area (Å²) in [5.74, 6) is -2.15. The smallest absolute Gasteiger partial charge is 0.265 e. The molecule has 0 heterocycles. The van der Waals surface area contributed by atoms with Crippen LogP contribution in [-0.2, 0) is 0 Å². The van der Waals surface area contributed by atoms with Crippen molar-refractivity contribution in [3.05, 3.63) is 130 Å². The van der Waals surface area contributed by atoms with Crippen LogP contribution < -0.4 is 10.6 Å². The van der Waals surface area contributed by atoms with Crippen LogP contribution in [0.15, 0.2) is 97.1 Å². The highest BCUT2D eigenvalue weighted by molar-refractivity contribution is 6.35. The van der Waals surface area contributed by atoms with E-state index in [1.54, 1.807) is 84.9 Å². The second-order valence-corrected chi connectivity index (χ2v) is 7.81. The molecular weight excluding hydrogens is 428 g/mol. The van der Waals surface area contributed by atoms with E-state index in [2.05, 4.69) is 0 Å². The Hall–Kier alpha value is -4.84. The quantitative estimate of drug-likeness (QED) is 0.324. The number of carbonyl (C=O) groups excluding carboxylic acids is 4. The molecule has 0 spiro atoms. The molecule has 2 N–H and O–H groups in total. The van der Waals surface area contributed by atoms with Gasteiger partial charge in [0.15, 0.2) is 11.6 Å². The van der Waals surface area contributed by atoms with Crippen LogP contribution >= 0.6 is 0 Å². The van der Waals surface area contributed by atoms with Crippen molar-refractivity contribution < 1.29 is 19.2 Å². The van der Waals surface area contributed by atoms with Gasteiger partial charge in [0.25, 0.3) is 11.8 Å². The van der Waals surface area contributed by atoms with Crippen LogP contribution in [0.25, 0.3) is 0 Å². The lowest BCUT2D eigenvalue weighted by Gasteiger charge is -2.27. The molecule has 4 aromatic carbocycles. The van der Waals surface area contributed by atoms with Crippen molar-refractivity contribution in [1.29, 1.82) is 0 Å². The minimum atomic E-state index is -0.625. The Kier molecular flexibility index (Phi) is 5.11. The van der Waals surface area contributed by atoms with Gasteiger partial charge in [0, 0.05) is 27.9 Å². The van der Waals surface area contributed by atoms with E-state index < -0.39 is 23.4 Å². The normalized spacial score (nSPS) is 12.0. The number of benzene rings is 4. The highest BCUT2D eigenvalue weighted by Gasteiger charge is 2.37. The van der Waals surface area contributed by atoms with Crippen LogP contribution in [0.5, 0.6) is 0 Å². The van der Waals surface area contributed by atoms with E-state index in [0.717, 1.165) is 4.90 Å². The van der Waals surface area contributed by atoms with Crippen molar-refractivity contribution in [3.8, 4) is 0 Å².